The molecule has 0 fully saturated rings. The van der Waals surface area contributed by atoms with Gasteiger partial charge >= 0.3 is 0 Å². The van der Waals surface area contributed by atoms with Crippen molar-refractivity contribution in [1.82, 2.24) is 24.7 Å². The molecule has 0 unspecified atom stereocenters. The smallest absolute Gasteiger partial charge is 0.177 e. The fourth-order valence-electron chi connectivity index (χ4n) is 3.98. The molecule has 0 saturated carbocycles. The molecule has 2 aromatic carbocycles. The van der Waals surface area contributed by atoms with E-state index in [0.29, 0.717) is 13.0 Å². The molecule has 0 aliphatic carbocycles. The summed E-state index contributed by atoms with van der Waals surface area (Å²) in [6.45, 7) is 2.82. The van der Waals surface area contributed by atoms with Gasteiger partial charge in [-0.05, 0) is 54.3 Å². The molecule has 0 aliphatic rings. The Morgan fingerprint density at radius 1 is 0.879 bits per heavy atom. The highest BCUT2D eigenvalue weighted by molar-refractivity contribution is 5.86. The van der Waals surface area contributed by atoms with Crippen LogP contribution in [-0.4, -0.2) is 31.8 Å². The van der Waals surface area contributed by atoms with Gasteiger partial charge in [0, 0.05) is 30.7 Å². The fraction of sp³-hybridized carbons (Fsp3) is 0.185. The van der Waals surface area contributed by atoms with E-state index in [1.54, 1.807) is 7.11 Å². The van der Waals surface area contributed by atoms with Crippen molar-refractivity contribution < 1.29 is 4.74 Å². The SMILES string of the molecule is COc1cccc2ccc(-c3nc(Cc4ccccc4C)nn3CCc3ccncc3)nc12. The van der Waals surface area contributed by atoms with Crippen molar-refractivity contribution >= 4 is 10.9 Å². The standard InChI is InChI=1S/C27H25N5O/c1-19-6-3-4-7-22(19)18-25-30-27(32(31-25)17-14-20-12-15-28-16-13-20)23-11-10-21-8-5-9-24(33-2)26(21)29-23/h3-13,15-16H,14,17-18H2,1-2H3. The van der Waals surface area contributed by atoms with E-state index in [-0.39, 0.29) is 0 Å². The molecule has 6 heteroatoms. The predicted molar refractivity (Wildman–Crippen MR) is 129 cm³/mol. The first-order chi connectivity index (χ1) is 16.2. The van der Waals surface area contributed by atoms with Gasteiger partial charge in [-0.1, -0.05) is 42.5 Å². The zero-order chi connectivity index (χ0) is 22.6. The van der Waals surface area contributed by atoms with Crippen LogP contribution in [-0.2, 0) is 19.4 Å². The molecular formula is C27H25N5O. The van der Waals surface area contributed by atoms with Crippen LogP contribution in [0.4, 0.5) is 0 Å². The van der Waals surface area contributed by atoms with Crippen molar-refractivity contribution in [2.24, 2.45) is 0 Å². The second-order valence-electron chi connectivity index (χ2n) is 8.01. The molecule has 5 aromatic rings. The monoisotopic (exact) mass is 435 g/mol. The number of pyridine rings is 2. The molecule has 164 valence electrons. The van der Waals surface area contributed by atoms with E-state index in [1.807, 2.05) is 53.5 Å². The summed E-state index contributed by atoms with van der Waals surface area (Å²) in [6.07, 6.45) is 5.15. The number of nitrogens with zero attached hydrogens (tertiary/aromatic N) is 5. The summed E-state index contributed by atoms with van der Waals surface area (Å²) in [5.41, 5.74) is 5.27. The van der Waals surface area contributed by atoms with Gasteiger partial charge in [-0.2, -0.15) is 5.10 Å². The first-order valence-corrected chi connectivity index (χ1v) is 11.0. The Bertz CT molecular complexity index is 1390. The van der Waals surface area contributed by atoms with Gasteiger partial charge in [0.05, 0.1) is 7.11 Å². The Labute approximate surface area is 192 Å². The molecule has 3 heterocycles. The lowest BCUT2D eigenvalue weighted by Gasteiger charge is -2.08. The average molecular weight is 436 g/mol. The molecule has 0 aliphatic heterocycles. The lowest BCUT2D eigenvalue weighted by atomic mass is 10.1. The Morgan fingerprint density at radius 2 is 1.73 bits per heavy atom. The first-order valence-electron chi connectivity index (χ1n) is 11.0. The number of hydrogen-bond donors (Lipinski definition) is 0. The van der Waals surface area contributed by atoms with Crippen molar-refractivity contribution in [1.29, 1.82) is 0 Å². The molecule has 0 bridgehead atoms. The zero-order valence-corrected chi connectivity index (χ0v) is 18.8. The molecular weight excluding hydrogens is 410 g/mol. The quantitative estimate of drug-likeness (QED) is 0.358. The van der Waals surface area contributed by atoms with Gasteiger partial charge in [0.15, 0.2) is 11.6 Å². The molecule has 0 spiro atoms. The maximum atomic E-state index is 5.54. The summed E-state index contributed by atoms with van der Waals surface area (Å²) in [5, 5.41) is 5.91. The Hall–Kier alpha value is -4.06. The topological polar surface area (TPSA) is 65.7 Å². The van der Waals surface area contributed by atoms with Gasteiger partial charge in [0.25, 0.3) is 0 Å². The molecule has 0 N–H and O–H groups in total. The molecule has 0 radical (unpaired) electrons. The van der Waals surface area contributed by atoms with Crippen molar-refractivity contribution in [3.8, 4) is 17.3 Å². The number of para-hydroxylation sites is 1. The van der Waals surface area contributed by atoms with E-state index < -0.39 is 0 Å². The molecule has 0 saturated heterocycles. The molecule has 33 heavy (non-hydrogen) atoms. The minimum atomic E-state index is 0.679. The van der Waals surface area contributed by atoms with Crippen LogP contribution < -0.4 is 4.74 Å². The van der Waals surface area contributed by atoms with Crippen molar-refractivity contribution in [2.45, 2.75) is 26.3 Å². The zero-order valence-electron chi connectivity index (χ0n) is 18.8. The Kier molecular flexibility index (Phi) is 5.81. The van der Waals surface area contributed by atoms with Gasteiger partial charge in [0.1, 0.15) is 17.0 Å². The predicted octanol–water partition coefficient (Wildman–Crippen LogP) is 5.04. The Morgan fingerprint density at radius 3 is 2.55 bits per heavy atom. The largest absolute Gasteiger partial charge is 0.494 e. The normalized spacial score (nSPS) is 11.1. The van der Waals surface area contributed by atoms with E-state index in [1.165, 1.54) is 16.7 Å². The van der Waals surface area contributed by atoms with Gasteiger partial charge in [-0.3, -0.25) is 4.98 Å². The van der Waals surface area contributed by atoms with Crippen molar-refractivity contribution in [3.63, 3.8) is 0 Å². The lowest BCUT2D eigenvalue weighted by Crippen LogP contribution is -2.07. The molecule has 6 nitrogen and oxygen atoms in total. The maximum absolute atomic E-state index is 5.54. The van der Waals surface area contributed by atoms with E-state index in [9.17, 15) is 0 Å². The number of benzene rings is 2. The summed E-state index contributed by atoms with van der Waals surface area (Å²) in [6, 6.07) is 22.4. The third-order valence-corrected chi connectivity index (χ3v) is 5.82. The van der Waals surface area contributed by atoms with Gasteiger partial charge < -0.3 is 4.74 Å². The minimum absolute atomic E-state index is 0.679. The van der Waals surface area contributed by atoms with Crippen LogP contribution in [0.1, 0.15) is 22.5 Å². The third-order valence-electron chi connectivity index (χ3n) is 5.82. The second kappa shape index (κ2) is 9.20. The minimum Gasteiger partial charge on any atom is -0.494 e. The van der Waals surface area contributed by atoms with Crippen LogP contribution in [0, 0.1) is 6.92 Å². The van der Waals surface area contributed by atoms with Crippen LogP contribution in [0.2, 0.25) is 0 Å². The van der Waals surface area contributed by atoms with E-state index >= 15 is 0 Å². The first kappa shape index (κ1) is 20.8. The van der Waals surface area contributed by atoms with Crippen LogP contribution in [0.3, 0.4) is 0 Å². The highest BCUT2D eigenvalue weighted by atomic mass is 16.5. The average Bonchev–Trinajstić information content (AvgIpc) is 3.26. The van der Waals surface area contributed by atoms with E-state index in [4.69, 9.17) is 19.8 Å². The molecule has 5 rings (SSSR count). The van der Waals surface area contributed by atoms with E-state index in [2.05, 4.69) is 42.2 Å². The number of ether oxygens (including phenoxy) is 1. The molecule has 0 atom stereocenters. The van der Waals surface area contributed by atoms with Crippen molar-refractivity contribution in [2.75, 3.05) is 7.11 Å². The summed E-state index contributed by atoms with van der Waals surface area (Å²) in [5.74, 6) is 2.30. The number of aryl methyl sites for hydroxylation is 3. The fourth-order valence-corrected chi connectivity index (χ4v) is 3.98. The number of fused-ring (bicyclic) bond motifs is 1. The lowest BCUT2D eigenvalue weighted by molar-refractivity contribution is 0.419. The highest BCUT2D eigenvalue weighted by Gasteiger charge is 2.16. The number of hydrogen-bond acceptors (Lipinski definition) is 5. The summed E-state index contributed by atoms with van der Waals surface area (Å²) < 4.78 is 7.51. The van der Waals surface area contributed by atoms with Crippen LogP contribution in [0.25, 0.3) is 22.4 Å². The van der Waals surface area contributed by atoms with Crippen LogP contribution in [0.15, 0.2) is 79.1 Å². The molecule has 3 aromatic heterocycles. The maximum Gasteiger partial charge on any atom is 0.177 e. The third kappa shape index (κ3) is 4.46. The van der Waals surface area contributed by atoms with Gasteiger partial charge in [0.2, 0.25) is 0 Å². The summed E-state index contributed by atoms with van der Waals surface area (Å²) in [7, 11) is 1.67. The highest BCUT2D eigenvalue weighted by Crippen LogP contribution is 2.27. The second-order valence-corrected chi connectivity index (χ2v) is 8.01. The summed E-state index contributed by atoms with van der Waals surface area (Å²) >= 11 is 0. The van der Waals surface area contributed by atoms with Gasteiger partial charge in [-0.15, -0.1) is 0 Å². The number of methoxy groups -OCH3 is 1. The molecule has 0 amide bonds. The van der Waals surface area contributed by atoms with Gasteiger partial charge in [-0.25, -0.2) is 14.6 Å². The summed E-state index contributed by atoms with van der Waals surface area (Å²) in [4.78, 5) is 14.0. The number of rotatable bonds is 7. The Balaban J connectivity index is 1.54. The van der Waals surface area contributed by atoms with E-state index in [0.717, 1.165) is 40.4 Å². The van der Waals surface area contributed by atoms with Crippen LogP contribution >= 0.6 is 0 Å². The van der Waals surface area contributed by atoms with Crippen molar-refractivity contribution in [3.05, 3.63) is 102 Å². The van der Waals surface area contributed by atoms with Crippen LogP contribution in [0.5, 0.6) is 5.75 Å². The number of aromatic nitrogens is 5.